The molecule has 5 rings (SSSR count). The van der Waals surface area contributed by atoms with E-state index in [-0.39, 0.29) is 10.5 Å². The minimum atomic E-state index is -1.83. The van der Waals surface area contributed by atoms with E-state index in [0.717, 1.165) is 5.56 Å². The lowest BCUT2D eigenvalue weighted by atomic mass is 9.58. The van der Waals surface area contributed by atoms with Crippen LogP contribution in [-0.2, 0) is 10.3 Å². The molecule has 0 bridgehead atoms. The third-order valence-corrected chi connectivity index (χ3v) is 7.70. The lowest BCUT2D eigenvalue weighted by molar-refractivity contribution is -0.577. The summed E-state index contributed by atoms with van der Waals surface area (Å²) in [5.41, 5.74) is -0.160. The lowest BCUT2D eigenvalue weighted by Crippen LogP contribution is -2.52. The van der Waals surface area contributed by atoms with E-state index >= 15 is 0 Å². The average Bonchev–Trinajstić information content (AvgIpc) is 3.50. The van der Waals surface area contributed by atoms with Gasteiger partial charge >= 0.3 is 0 Å². The van der Waals surface area contributed by atoms with Gasteiger partial charge in [-0.15, -0.1) is 0 Å². The first-order chi connectivity index (χ1) is 17.8. The van der Waals surface area contributed by atoms with Gasteiger partial charge in [-0.2, -0.15) is 0 Å². The van der Waals surface area contributed by atoms with E-state index in [9.17, 15) is 14.9 Å². The lowest BCUT2D eigenvalue weighted by Gasteiger charge is -2.42. The zero-order chi connectivity index (χ0) is 26.2. The van der Waals surface area contributed by atoms with Crippen LogP contribution in [0.5, 0.6) is 0 Å². The number of halogens is 2. The first-order valence-corrected chi connectivity index (χ1v) is 13.1. The molecule has 0 amide bonds. The number of carbonyl (C=O) groups is 1. The van der Waals surface area contributed by atoms with Crippen LogP contribution in [0.15, 0.2) is 114 Å². The second-order valence-corrected chi connectivity index (χ2v) is 10.4. The van der Waals surface area contributed by atoms with Crippen LogP contribution in [0.1, 0.15) is 35.5 Å². The van der Waals surface area contributed by atoms with Gasteiger partial charge in [0, 0.05) is 27.9 Å². The largest absolute Gasteiger partial charge is 0.450 e. The second kappa shape index (κ2) is 10.1. The van der Waals surface area contributed by atoms with Crippen LogP contribution >= 0.6 is 31.9 Å². The van der Waals surface area contributed by atoms with Gasteiger partial charge in [-0.05, 0) is 73.8 Å². The number of carbonyl (C=O) groups excluding carboxylic acids is 1. The average molecular weight is 623 g/mol. The van der Waals surface area contributed by atoms with Gasteiger partial charge in [0.2, 0.25) is 0 Å². The molecule has 2 aromatic carbocycles. The Morgan fingerprint density at radius 2 is 1.38 bits per heavy atom. The van der Waals surface area contributed by atoms with Crippen molar-refractivity contribution in [1.29, 1.82) is 0 Å². The number of nitro groups is 1. The third kappa shape index (κ3) is 4.45. The summed E-state index contributed by atoms with van der Waals surface area (Å²) >= 11 is 6.59. The van der Waals surface area contributed by atoms with Crippen molar-refractivity contribution in [1.82, 2.24) is 0 Å². The standard InChI is InChI=1S/C29H21Br2NO5/c1-18-27(19-8-4-2-5-9-19)23(16-21-12-14-25(30)36-21)28(33)24(17-22-13-15-26(31)37-22)29(18,32(34)35)20-10-6-3-7-11-20/h2-18,27H,1H3. The molecule has 0 saturated heterocycles. The molecule has 6 nitrogen and oxygen atoms in total. The molecule has 0 radical (unpaired) electrons. The predicted molar refractivity (Wildman–Crippen MR) is 147 cm³/mol. The van der Waals surface area contributed by atoms with Crippen LogP contribution in [0.25, 0.3) is 12.2 Å². The summed E-state index contributed by atoms with van der Waals surface area (Å²) in [6.07, 6.45) is 3.18. The molecule has 4 aromatic rings. The monoisotopic (exact) mass is 621 g/mol. The molecule has 0 aliphatic heterocycles. The highest BCUT2D eigenvalue weighted by Crippen LogP contribution is 2.55. The molecule has 1 saturated carbocycles. The van der Waals surface area contributed by atoms with Crippen LogP contribution in [-0.4, -0.2) is 10.7 Å². The predicted octanol–water partition coefficient (Wildman–Crippen LogP) is 8.04. The van der Waals surface area contributed by atoms with Gasteiger partial charge < -0.3 is 8.83 Å². The number of hydrogen-bond acceptors (Lipinski definition) is 5. The molecule has 37 heavy (non-hydrogen) atoms. The minimum Gasteiger partial charge on any atom is -0.450 e. The van der Waals surface area contributed by atoms with Crippen molar-refractivity contribution < 1.29 is 18.6 Å². The number of nitrogens with zero attached hydrogens (tertiary/aromatic N) is 1. The van der Waals surface area contributed by atoms with E-state index in [1.54, 1.807) is 60.7 Å². The van der Waals surface area contributed by atoms with Crippen molar-refractivity contribution >= 4 is 49.8 Å². The van der Waals surface area contributed by atoms with Crippen molar-refractivity contribution in [2.24, 2.45) is 5.92 Å². The van der Waals surface area contributed by atoms with E-state index < -0.39 is 23.2 Å². The topological polar surface area (TPSA) is 86.5 Å². The van der Waals surface area contributed by atoms with E-state index in [2.05, 4.69) is 31.9 Å². The number of rotatable bonds is 5. The molecule has 186 valence electrons. The molecule has 8 heteroatoms. The smallest absolute Gasteiger partial charge is 0.279 e. The number of furan rings is 2. The van der Waals surface area contributed by atoms with Crippen LogP contribution in [0, 0.1) is 16.0 Å². The Bertz CT molecular complexity index is 1520. The molecule has 2 heterocycles. The highest BCUT2D eigenvalue weighted by molar-refractivity contribution is 9.10. The molecule has 0 spiro atoms. The number of Topliss-reactive ketones (excluding diaryl/α,β-unsaturated/α-hetero) is 1. The van der Waals surface area contributed by atoms with Crippen molar-refractivity contribution in [3.05, 3.63) is 138 Å². The Kier molecular flexibility index (Phi) is 6.88. The van der Waals surface area contributed by atoms with Gasteiger partial charge in [0.25, 0.3) is 5.54 Å². The maximum absolute atomic E-state index is 14.4. The fourth-order valence-corrected chi connectivity index (χ4v) is 5.91. The van der Waals surface area contributed by atoms with Crippen molar-refractivity contribution in [3.63, 3.8) is 0 Å². The SMILES string of the molecule is CC1C(c2ccccc2)C(=Cc2ccc(Br)o2)C(=O)C(=Cc2ccc(Br)o2)C1(c1ccccc1)[N+](=O)[O-]. The summed E-state index contributed by atoms with van der Waals surface area (Å²) < 4.78 is 12.4. The maximum Gasteiger partial charge on any atom is 0.279 e. The molecule has 1 fully saturated rings. The second-order valence-electron chi connectivity index (χ2n) is 8.84. The first kappa shape index (κ1) is 25.2. The summed E-state index contributed by atoms with van der Waals surface area (Å²) in [4.78, 5) is 27.3. The van der Waals surface area contributed by atoms with E-state index in [1.165, 1.54) is 6.08 Å². The Labute approximate surface area is 230 Å². The number of ketones is 1. The van der Waals surface area contributed by atoms with Crippen LogP contribution in [0.3, 0.4) is 0 Å². The number of allylic oxidation sites excluding steroid dienone is 1. The fraction of sp³-hybridized carbons (Fsp3) is 0.138. The Morgan fingerprint density at radius 3 is 1.89 bits per heavy atom. The Morgan fingerprint density at radius 1 is 0.838 bits per heavy atom. The number of hydrogen-bond donors (Lipinski definition) is 0. The fourth-order valence-electron chi connectivity index (χ4n) is 5.27. The van der Waals surface area contributed by atoms with Gasteiger partial charge in [-0.3, -0.25) is 14.9 Å². The van der Waals surface area contributed by atoms with Crippen molar-refractivity contribution in [2.75, 3.05) is 0 Å². The molecule has 1 aliphatic rings. The van der Waals surface area contributed by atoms with Gasteiger partial charge in [0.15, 0.2) is 15.1 Å². The highest BCUT2D eigenvalue weighted by Gasteiger charge is 2.62. The van der Waals surface area contributed by atoms with Gasteiger partial charge in [-0.1, -0.05) is 67.6 Å². The maximum atomic E-state index is 14.4. The molecule has 1 aliphatic carbocycles. The van der Waals surface area contributed by atoms with Crippen LogP contribution < -0.4 is 0 Å². The minimum absolute atomic E-state index is 0.0297. The van der Waals surface area contributed by atoms with Crippen molar-refractivity contribution in [3.8, 4) is 0 Å². The van der Waals surface area contributed by atoms with E-state index in [0.29, 0.717) is 32.0 Å². The first-order valence-electron chi connectivity index (χ1n) is 11.6. The molecular weight excluding hydrogens is 602 g/mol. The van der Waals surface area contributed by atoms with E-state index in [4.69, 9.17) is 8.83 Å². The third-order valence-electron chi connectivity index (χ3n) is 6.84. The molecule has 2 aromatic heterocycles. The Balaban J connectivity index is 1.84. The summed E-state index contributed by atoms with van der Waals surface area (Å²) in [6.45, 7) is 1.83. The number of benzene rings is 2. The molecule has 3 atom stereocenters. The molecule has 0 N–H and O–H groups in total. The van der Waals surface area contributed by atoms with Crippen molar-refractivity contribution in [2.45, 2.75) is 18.4 Å². The summed E-state index contributed by atoms with van der Waals surface area (Å²) in [6, 6.07) is 25.0. The van der Waals surface area contributed by atoms with Gasteiger partial charge in [0.05, 0.1) is 5.57 Å². The summed E-state index contributed by atoms with van der Waals surface area (Å²) in [5, 5.41) is 13.2. The quantitative estimate of drug-likeness (QED) is 0.128. The van der Waals surface area contributed by atoms with Crippen LogP contribution in [0.4, 0.5) is 0 Å². The summed E-state index contributed by atoms with van der Waals surface area (Å²) in [7, 11) is 0. The Hall–Kier alpha value is -3.49. The van der Waals surface area contributed by atoms with Gasteiger partial charge in [0.1, 0.15) is 11.5 Å². The van der Waals surface area contributed by atoms with E-state index in [1.807, 2.05) is 37.3 Å². The normalized spacial score (nSPS) is 24.0. The molecule has 3 unspecified atom stereocenters. The van der Waals surface area contributed by atoms with Crippen LogP contribution in [0.2, 0.25) is 0 Å². The molecular formula is C29H21Br2NO5. The zero-order valence-electron chi connectivity index (χ0n) is 19.6. The summed E-state index contributed by atoms with van der Waals surface area (Å²) in [5.74, 6) is -0.866. The zero-order valence-corrected chi connectivity index (χ0v) is 22.8. The highest BCUT2D eigenvalue weighted by atomic mass is 79.9. The van der Waals surface area contributed by atoms with Gasteiger partial charge in [-0.25, -0.2) is 0 Å².